The normalized spacial score (nSPS) is 13.5. The Kier molecular flexibility index (Phi) is 6.56. The molecule has 0 spiro atoms. The second kappa shape index (κ2) is 8.44. The fourth-order valence-corrected chi connectivity index (χ4v) is 3.05. The summed E-state index contributed by atoms with van der Waals surface area (Å²) in [5.74, 6) is 3.92. The third-order valence-electron chi connectivity index (χ3n) is 3.07. The van der Waals surface area contributed by atoms with Crippen LogP contribution in [0.25, 0.3) is 0 Å². The number of hydrogen-bond acceptors (Lipinski definition) is 6. The lowest BCUT2D eigenvalue weighted by Gasteiger charge is -2.11. The molecule has 2 rings (SSSR count). The molecule has 1 N–H and O–H groups in total. The Bertz CT molecular complexity index is 429. The second-order valence-corrected chi connectivity index (χ2v) is 5.67. The van der Waals surface area contributed by atoms with E-state index in [0.29, 0.717) is 19.8 Å². The summed E-state index contributed by atoms with van der Waals surface area (Å²) >= 11 is 1.90. The zero-order valence-electron chi connectivity index (χ0n) is 12.3. The Labute approximate surface area is 124 Å². The number of hydrogen-bond donors (Lipinski definition) is 1. The van der Waals surface area contributed by atoms with Crippen molar-refractivity contribution in [2.24, 2.45) is 0 Å². The molecule has 0 unspecified atom stereocenters. The van der Waals surface area contributed by atoms with Gasteiger partial charge >= 0.3 is 0 Å². The number of thioether (sulfide) groups is 1. The van der Waals surface area contributed by atoms with Crippen molar-refractivity contribution in [1.82, 2.24) is 9.97 Å². The first kappa shape index (κ1) is 15.5. The number of aromatic nitrogens is 2. The van der Waals surface area contributed by atoms with Crippen molar-refractivity contribution >= 4 is 17.6 Å². The molecule has 0 bridgehead atoms. The molecule has 2 heterocycles. The summed E-state index contributed by atoms with van der Waals surface area (Å²) in [5.41, 5.74) is 2.47. The lowest BCUT2D eigenvalue weighted by Crippen LogP contribution is -2.12. The van der Waals surface area contributed by atoms with Crippen LogP contribution in [0.15, 0.2) is 0 Å². The van der Waals surface area contributed by atoms with Gasteiger partial charge in [-0.05, 0) is 6.42 Å². The van der Waals surface area contributed by atoms with E-state index in [4.69, 9.17) is 9.47 Å². The van der Waals surface area contributed by atoms with Crippen LogP contribution in [0, 0.1) is 0 Å². The molecular weight excluding hydrogens is 274 g/mol. The summed E-state index contributed by atoms with van der Waals surface area (Å²) < 4.78 is 10.4. The van der Waals surface area contributed by atoms with Gasteiger partial charge in [-0.15, -0.1) is 0 Å². The van der Waals surface area contributed by atoms with Crippen LogP contribution >= 0.6 is 11.8 Å². The minimum Gasteiger partial charge on any atom is -0.382 e. The number of rotatable bonds is 9. The smallest absolute Gasteiger partial charge is 0.134 e. The molecule has 0 radical (unpaired) electrons. The zero-order valence-corrected chi connectivity index (χ0v) is 13.1. The summed E-state index contributed by atoms with van der Waals surface area (Å²) in [6.07, 6.45) is 1.85. The summed E-state index contributed by atoms with van der Waals surface area (Å²) in [7, 11) is 1.68. The summed E-state index contributed by atoms with van der Waals surface area (Å²) in [4.78, 5) is 9.31. The van der Waals surface area contributed by atoms with Gasteiger partial charge in [-0.25, -0.2) is 9.97 Å². The molecule has 0 amide bonds. The van der Waals surface area contributed by atoms with E-state index in [1.54, 1.807) is 7.11 Å². The van der Waals surface area contributed by atoms with Gasteiger partial charge in [0.1, 0.15) is 11.6 Å². The molecule has 1 aromatic rings. The number of methoxy groups -OCH3 is 1. The molecule has 0 fully saturated rings. The topological polar surface area (TPSA) is 56.3 Å². The first-order valence-corrected chi connectivity index (χ1v) is 8.27. The van der Waals surface area contributed by atoms with Crippen molar-refractivity contribution in [3.63, 3.8) is 0 Å². The molecule has 0 saturated carbocycles. The molecule has 0 aliphatic carbocycles. The van der Waals surface area contributed by atoms with Gasteiger partial charge in [0.15, 0.2) is 0 Å². The Morgan fingerprint density at radius 2 is 2.10 bits per heavy atom. The van der Waals surface area contributed by atoms with Gasteiger partial charge in [0.2, 0.25) is 0 Å². The van der Waals surface area contributed by atoms with E-state index in [-0.39, 0.29) is 0 Å². The molecule has 0 atom stereocenters. The number of nitrogens with one attached hydrogen (secondary N) is 1. The summed E-state index contributed by atoms with van der Waals surface area (Å²) in [6.45, 7) is 5.01. The minimum atomic E-state index is 0.623. The van der Waals surface area contributed by atoms with Crippen LogP contribution in [0.3, 0.4) is 0 Å². The fourth-order valence-electron chi connectivity index (χ4n) is 2.01. The first-order valence-electron chi connectivity index (χ1n) is 7.12. The monoisotopic (exact) mass is 297 g/mol. The SMILES string of the molecule is CCCNc1nc(CCOCCOC)nc2c1CSC2. The Balaban J connectivity index is 1.95. The van der Waals surface area contributed by atoms with Gasteiger partial charge in [0.25, 0.3) is 0 Å². The zero-order chi connectivity index (χ0) is 14.2. The maximum absolute atomic E-state index is 5.49. The highest BCUT2D eigenvalue weighted by Crippen LogP contribution is 2.32. The number of nitrogens with zero attached hydrogens (tertiary/aromatic N) is 2. The first-order chi connectivity index (χ1) is 9.85. The number of fused-ring (bicyclic) bond motifs is 1. The lowest BCUT2D eigenvalue weighted by molar-refractivity contribution is 0.0716. The highest BCUT2D eigenvalue weighted by Gasteiger charge is 2.19. The third-order valence-corrected chi connectivity index (χ3v) is 4.04. The predicted molar refractivity (Wildman–Crippen MR) is 82.2 cm³/mol. The summed E-state index contributed by atoms with van der Waals surface area (Å²) in [6, 6.07) is 0. The molecule has 1 aliphatic rings. The van der Waals surface area contributed by atoms with E-state index < -0.39 is 0 Å². The number of ether oxygens (including phenoxy) is 2. The van der Waals surface area contributed by atoms with Crippen LogP contribution in [0.4, 0.5) is 5.82 Å². The molecule has 0 saturated heterocycles. The predicted octanol–water partition coefficient (Wildman–Crippen LogP) is 2.25. The van der Waals surface area contributed by atoms with Gasteiger partial charge in [-0.2, -0.15) is 11.8 Å². The van der Waals surface area contributed by atoms with E-state index >= 15 is 0 Å². The van der Waals surface area contributed by atoms with Crippen LogP contribution in [0.1, 0.15) is 30.4 Å². The number of anilines is 1. The minimum absolute atomic E-state index is 0.623. The van der Waals surface area contributed by atoms with E-state index in [1.165, 1.54) is 11.3 Å². The molecule has 5 nitrogen and oxygen atoms in total. The van der Waals surface area contributed by atoms with Crippen molar-refractivity contribution < 1.29 is 9.47 Å². The maximum atomic E-state index is 5.49. The standard InChI is InChI=1S/C14H23N3O2S/c1-3-5-15-14-11-9-20-10-12(11)16-13(17-14)4-6-19-8-7-18-2/h3-10H2,1-2H3,(H,15,16,17). The molecule has 112 valence electrons. The quantitative estimate of drug-likeness (QED) is 0.706. The summed E-state index contributed by atoms with van der Waals surface area (Å²) in [5, 5.41) is 3.42. The van der Waals surface area contributed by atoms with Crippen molar-refractivity contribution in [3.05, 3.63) is 17.1 Å². The van der Waals surface area contributed by atoms with Crippen molar-refractivity contribution in [1.29, 1.82) is 0 Å². The maximum Gasteiger partial charge on any atom is 0.134 e. The van der Waals surface area contributed by atoms with Gasteiger partial charge in [-0.1, -0.05) is 6.92 Å². The Morgan fingerprint density at radius 3 is 2.90 bits per heavy atom. The van der Waals surface area contributed by atoms with Crippen molar-refractivity contribution in [2.45, 2.75) is 31.3 Å². The van der Waals surface area contributed by atoms with Gasteiger partial charge in [-0.3, -0.25) is 0 Å². The largest absolute Gasteiger partial charge is 0.382 e. The third kappa shape index (κ3) is 4.33. The van der Waals surface area contributed by atoms with Crippen molar-refractivity contribution in [3.8, 4) is 0 Å². The molecule has 20 heavy (non-hydrogen) atoms. The van der Waals surface area contributed by atoms with E-state index in [1.807, 2.05) is 11.8 Å². The second-order valence-electron chi connectivity index (χ2n) is 4.69. The lowest BCUT2D eigenvalue weighted by atomic mass is 10.2. The van der Waals surface area contributed by atoms with E-state index in [2.05, 4.69) is 22.2 Å². The van der Waals surface area contributed by atoms with Gasteiger partial charge in [0.05, 0.1) is 25.5 Å². The van der Waals surface area contributed by atoms with Crippen LogP contribution < -0.4 is 5.32 Å². The Morgan fingerprint density at radius 1 is 1.20 bits per heavy atom. The van der Waals surface area contributed by atoms with Crippen molar-refractivity contribution in [2.75, 3.05) is 38.8 Å². The molecular formula is C14H23N3O2S. The molecule has 1 aliphatic heterocycles. The van der Waals surface area contributed by atoms with Crippen LogP contribution in [-0.4, -0.2) is 43.4 Å². The van der Waals surface area contributed by atoms with Crippen LogP contribution in [0.5, 0.6) is 0 Å². The van der Waals surface area contributed by atoms with Crippen LogP contribution in [-0.2, 0) is 27.4 Å². The highest BCUT2D eigenvalue weighted by molar-refractivity contribution is 7.98. The van der Waals surface area contributed by atoms with E-state index in [0.717, 1.165) is 42.5 Å². The molecule has 0 aromatic carbocycles. The van der Waals surface area contributed by atoms with E-state index in [9.17, 15) is 0 Å². The molecule has 1 aromatic heterocycles. The fraction of sp³-hybridized carbons (Fsp3) is 0.714. The average Bonchev–Trinajstić information content (AvgIpc) is 2.93. The molecule has 6 heteroatoms. The Hall–Kier alpha value is -0.850. The van der Waals surface area contributed by atoms with Gasteiger partial charge < -0.3 is 14.8 Å². The van der Waals surface area contributed by atoms with Crippen LogP contribution in [0.2, 0.25) is 0 Å². The highest BCUT2D eigenvalue weighted by atomic mass is 32.2. The van der Waals surface area contributed by atoms with Gasteiger partial charge in [0, 0.05) is 37.1 Å². The average molecular weight is 297 g/mol.